The first kappa shape index (κ1) is 19.8. The highest BCUT2D eigenvalue weighted by atomic mass is 32.1. The smallest absolute Gasteiger partial charge is 0.351 e. The molecule has 28 heavy (non-hydrogen) atoms. The van der Waals surface area contributed by atoms with Crippen LogP contribution in [-0.2, 0) is 9.53 Å². The highest BCUT2D eigenvalue weighted by molar-refractivity contribution is 7.17. The van der Waals surface area contributed by atoms with Crippen LogP contribution in [0.15, 0.2) is 48.5 Å². The maximum Gasteiger partial charge on any atom is 0.351 e. The van der Waals surface area contributed by atoms with Gasteiger partial charge in [0.05, 0.1) is 5.69 Å². The molecular formula is C22H22N2O3S. The van der Waals surface area contributed by atoms with Crippen LogP contribution in [0, 0.1) is 20.8 Å². The molecule has 5 nitrogen and oxygen atoms in total. The monoisotopic (exact) mass is 394 g/mol. The number of carbonyl (C=O) groups excluding carboxylic acids is 2. The first-order valence-corrected chi connectivity index (χ1v) is 9.78. The van der Waals surface area contributed by atoms with E-state index in [1.807, 2.05) is 62.4 Å². The molecule has 1 heterocycles. The molecule has 0 bridgehead atoms. The van der Waals surface area contributed by atoms with Gasteiger partial charge in [0.1, 0.15) is 9.88 Å². The van der Waals surface area contributed by atoms with Crippen molar-refractivity contribution < 1.29 is 14.3 Å². The van der Waals surface area contributed by atoms with E-state index in [-0.39, 0.29) is 5.91 Å². The molecule has 0 aliphatic carbocycles. The maximum atomic E-state index is 12.6. The molecule has 0 radical (unpaired) electrons. The van der Waals surface area contributed by atoms with E-state index in [0.717, 1.165) is 21.7 Å². The van der Waals surface area contributed by atoms with E-state index in [1.165, 1.54) is 11.3 Å². The Kier molecular flexibility index (Phi) is 5.90. The summed E-state index contributed by atoms with van der Waals surface area (Å²) in [4.78, 5) is 29.9. The summed E-state index contributed by atoms with van der Waals surface area (Å²) in [6.07, 6.45) is -0.921. The van der Waals surface area contributed by atoms with Crippen molar-refractivity contribution in [1.82, 2.24) is 4.98 Å². The zero-order valence-corrected chi connectivity index (χ0v) is 17.1. The van der Waals surface area contributed by atoms with Crippen molar-refractivity contribution in [3.05, 3.63) is 70.2 Å². The van der Waals surface area contributed by atoms with Crippen molar-refractivity contribution in [3.63, 3.8) is 0 Å². The molecule has 1 aromatic heterocycles. The lowest BCUT2D eigenvalue weighted by Crippen LogP contribution is -2.30. The molecule has 0 aliphatic heterocycles. The van der Waals surface area contributed by atoms with Crippen LogP contribution in [0.2, 0.25) is 0 Å². The maximum absolute atomic E-state index is 12.6. The van der Waals surface area contributed by atoms with Crippen LogP contribution in [0.3, 0.4) is 0 Å². The number of nitrogens with one attached hydrogen (secondary N) is 1. The van der Waals surface area contributed by atoms with E-state index in [1.54, 1.807) is 13.8 Å². The second kappa shape index (κ2) is 8.35. The summed E-state index contributed by atoms with van der Waals surface area (Å²) in [5.74, 6) is -0.911. The third-order valence-corrected chi connectivity index (χ3v) is 5.48. The van der Waals surface area contributed by atoms with E-state index in [0.29, 0.717) is 16.3 Å². The summed E-state index contributed by atoms with van der Waals surface area (Å²) in [5.41, 5.74) is 4.31. The van der Waals surface area contributed by atoms with Crippen molar-refractivity contribution in [2.24, 2.45) is 0 Å². The molecule has 1 atom stereocenters. The highest BCUT2D eigenvalue weighted by Crippen LogP contribution is 2.28. The van der Waals surface area contributed by atoms with Gasteiger partial charge in [0.15, 0.2) is 6.10 Å². The molecule has 0 spiro atoms. The predicted molar refractivity (Wildman–Crippen MR) is 112 cm³/mol. The van der Waals surface area contributed by atoms with Crippen molar-refractivity contribution in [2.45, 2.75) is 33.8 Å². The average molecular weight is 394 g/mol. The summed E-state index contributed by atoms with van der Waals surface area (Å²) >= 11 is 1.27. The van der Waals surface area contributed by atoms with E-state index in [9.17, 15) is 9.59 Å². The van der Waals surface area contributed by atoms with Crippen LogP contribution in [0.1, 0.15) is 33.4 Å². The minimum Gasteiger partial charge on any atom is -0.448 e. The molecule has 0 saturated heterocycles. The molecule has 0 saturated carbocycles. The molecule has 0 aliphatic rings. The third kappa shape index (κ3) is 4.46. The minimum absolute atomic E-state index is 0.370. The number of esters is 1. The van der Waals surface area contributed by atoms with Crippen LogP contribution < -0.4 is 5.32 Å². The SMILES string of the molecule is Cc1ccc(NC(=O)[C@H](C)OC(=O)c2sc(-c3ccccc3)nc2C)c(C)c1. The number of anilines is 1. The van der Waals surface area contributed by atoms with Gasteiger partial charge in [-0.05, 0) is 39.3 Å². The first-order chi connectivity index (χ1) is 13.3. The Bertz CT molecular complexity index is 1010. The van der Waals surface area contributed by atoms with E-state index in [4.69, 9.17) is 4.74 Å². The van der Waals surface area contributed by atoms with Gasteiger partial charge in [0.2, 0.25) is 0 Å². The van der Waals surface area contributed by atoms with Crippen LogP contribution in [0.4, 0.5) is 5.69 Å². The van der Waals surface area contributed by atoms with Crippen LogP contribution >= 0.6 is 11.3 Å². The number of ether oxygens (including phenoxy) is 1. The second-order valence-electron chi connectivity index (χ2n) is 6.65. The zero-order chi connectivity index (χ0) is 20.3. The van der Waals surface area contributed by atoms with Gasteiger partial charge in [-0.2, -0.15) is 0 Å². The van der Waals surface area contributed by atoms with Crippen LogP contribution in [0.25, 0.3) is 10.6 Å². The van der Waals surface area contributed by atoms with Gasteiger partial charge in [-0.25, -0.2) is 9.78 Å². The molecule has 2 aromatic carbocycles. The van der Waals surface area contributed by atoms with Gasteiger partial charge in [-0.15, -0.1) is 11.3 Å². The lowest BCUT2D eigenvalue weighted by Gasteiger charge is -2.14. The first-order valence-electron chi connectivity index (χ1n) is 8.97. The largest absolute Gasteiger partial charge is 0.448 e. The fourth-order valence-corrected chi connectivity index (χ4v) is 3.70. The molecule has 3 aromatic rings. The van der Waals surface area contributed by atoms with Crippen LogP contribution in [0.5, 0.6) is 0 Å². The number of aryl methyl sites for hydroxylation is 3. The predicted octanol–water partition coefficient (Wildman–Crippen LogP) is 4.92. The number of nitrogens with zero attached hydrogens (tertiary/aromatic N) is 1. The van der Waals surface area contributed by atoms with E-state index >= 15 is 0 Å². The van der Waals surface area contributed by atoms with Gasteiger partial charge >= 0.3 is 5.97 Å². The summed E-state index contributed by atoms with van der Waals surface area (Å²) in [6.45, 7) is 7.24. The number of aromatic nitrogens is 1. The lowest BCUT2D eigenvalue weighted by atomic mass is 10.1. The Hall–Kier alpha value is -2.99. The van der Waals surface area contributed by atoms with Gasteiger partial charge in [0.25, 0.3) is 5.91 Å². The fourth-order valence-electron chi connectivity index (χ4n) is 2.75. The number of rotatable bonds is 5. The molecule has 144 valence electrons. The Morgan fingerprint density at radius 2 is 1.79 bits per heavy atom. The number of amides is 1. The Morgan fingerprint density at radius 3 is 2.46 bits per heavy atom. The Labute approximate surface area is 168 Å². The van der Waals surface area contributed by atoms with Crippen LogP contribution in [-0.4, -0.2) is 23.0 Å². The minimum atomic E-state index is -0.921. The quantitative estimate of drug-likeness (QED) is 0.624. The lowest BCUT2D eigenvalue weighted by molar-refractivity contribution is -0.123. The van der Waals surface area contributed by atoms with Crippen molar-refractivity contribution in [2.75, 3.05) is 5.32 Å². The molecule has 0 unspecified atom stereocenters. The van der Waals surface area contributed by atoms with Gasteiger partial charge in [0, 0.05) is 11.3 Å². The zero-order valence-electron chi connectivity index (χ0n) is 16.3. The number of thiazole rings is 1. The van der Waals surface area contributed by atoms with Gasteiger partial charge in [-0.3, -0.25) is 4.79 Å². The number of benzene rings is 2. The number of carbonyl (C=O) groups is 2. The van der Waals surface area contributed by atoms with Crippen molar-refractivity contribution in [3.8, 4) is 10.6 Å². The molecular weight excluding hydrogens is 372 g/mol. The third-order valence-electron chi connectivity index (χ3n) is 4.30. The summed E-state index contributed by atoms with van der Waals surface area (Å²) in [7, 11) is 0. The standard InChI is InChI=1S/C22H22N2O3S/c1-13-10-11-18(14(2)12-13)24-20(25)16(4)27-22(26)19-15(3)23-21(28-19)17-8-6-5-7-9-17/h5-12,16H,1-4H3,(H,24,25)/t16-/m0/s1. The Morgan fingerprint density at radius 1 is 1.07 bits per heavy atom. The summed E-state index contributed by atoms with van der Waals surface area (Å²) in [5, 5.41) is 3.56. The molecule has 3 rings (SSSR count). The molecule has 0 fully saturated rings. The van der Waals surface area contributed by atoms with Gasteiger partial charge < -0.3 is 10.1 Å². The van der Waals surface area contributed by atoms with Crippen molar-refractivity contribution >= 4 is 28.9 Å². The Balaban J connectivity index is 1.68. The van der Waals surface area contributed by atoms with E-state index < -0.39 is 12.1 Å². The second-order valence-corrected chi connectivity index (χ2v) is 7.65. The van der Waals surface area contributed by atoms with Gasteiger partial charge in [-0.1, -0.05) is 48.0 Å². The summed E-state index contributed by atoms with van der Waals surface area (Å²) < 4.78 is 5.38. The number of hydrogen-bond acceptors (Lipinski definition) is 5. The number of hydrogen-bond donors (Lipinski definition) is 1. The topological polar surface area (TPSA) is 68.3 Å². The molecule has 1 N–H and O–H groups in total. The van der Waals surface area contributed by atoms with E-state index in [2.05, 4.69) is 10.3 Å². The average Bonchev–Trinajstić information content (AvgIpc) is 3.06. The fraction of sp³-hybridized carbons (Fsp3) is 0.227. The molecule has 1 amide bonds. The van der Waals surface area contributed by atoms with Crippen molar-refractivity contribution in [1.29, 1.82) is 0 Å². The normalized spacial score (nSPS) is 11.7. The highest BCUT2D eigenvalue weighted by Gasteiger charge is 2.23. The summed E-state index contributed by atoms with van der Waals surface area (Å²) in [6, 6.07) is 15.4. The molecule has 6 heteroatoms.